The Bertz CT molecular complexity index is 827. The van der Waals surface area contributed by atoms with E-state index in [1.54, 1.807) is 30.6 Å². The topological polar surface area (TPSA) is 76.8 Å². The molecule has 3 rings (SSSR count). The molecule has 2 aromatic carbocycles. The zero-order valence-corrected chi connectivity index (χ0v) is 13.9. The Hall–Kier alpha value is -3.06. The number of aromatic nitrogens is 2. The third-order valence-corrected chi connectivity index (χ3v) is 3.94. The van der Waals surface area contributed by atoms with Crippen molar-refractivity contribution in [2.75, 3.05) is 0 Å². The molecular formula is C18H14N4O2S. The average molecular weight is 350 g/mol. The molecule has 1 aromatic heterocycles. The maximum atomic E-state index is 10.9. The number of hydrogen-bond acceptors (Lipinski definition) is 7. The van der Waals surface area contributed by atoms with Crippen LogP contribution in [0.3, 0.4) is 0 Å². The lowest BCUT2D eigenvalue weighted by Gasteiger charge is -2.07. The van der Waals surface area contributed by atoms with Gasteiger partial charge in [0.2, 0.25) is 0 Å². The van der Waals surface area contributed by atoms with Crippen molar-refractivity contribution >= 4 is 23.7 Å². The largest absolute Gasteiger partial charge is 0.460 e. The quantitative estimate of drug-likeness (QED) is 0.356. The van der Waals surface area contributed by atoms with Crippen molar-refractivity contribution in [3.8, 4) is 5.75 Å². The molecule has 7 heteroatoms. The van der Waals surface area contributed by atoms with Gasteiger partial charge in [-0.05, 0) is 59.4 Å². The summed E-state index contributed by atoms with van der Waals surface area (Å²) in [7, 11) is 0. The molecule has 124 valence electrons. The molecule has 25 heavy (non-hydrogen) atoms. The lowest BCUT2D eigenvalue weighted by Crippen LogP contribution is -2.14. The average Bonchev–Trinajstić information content (AvgIpc) is 2.68. The van der Waals surface area contributed by atoms with E-state index in [0.29, 0.717) is 16.6 Å². The van der Waals surface area contributed by atoms with Gasteiger partial charge in [-0.2, -0.15) is 0 Å². The normalized spacial score (nSPS) is 12.0. The summed E-state index contributed by atoms with van der Waals surface area (Å²) in [5.41, 5.74) is 0.698. The summed E-state index contributed by atoms with van der Waals surface area (Å²) in [6, 6.07) is 18.3. The van der Waals surface area contributed by atoms with Gasteiger partial charge >= 0.3 is 0 Å². The van der Waals surface area contributed by atoms with E-state index >= 15 is 0 Å². The highest BCUT2D eigenvalue weighted by Crippen LogP contribution is 2.26. The molecule has 0 amide bonds. The van der Waals surface area contributed by atoms with Crippen molar-refractivity contribution in [3.63, 3.8) is 0 Å². The number of nitrogens with zero attached hydrogens (tertiary/aromatic N) is 4. The lowest BCUT2D eigenvalue weighted by molar-refractivity contribution is 0.280. The first-order valence-corrected chi connectivity index (χ1v) is 8.28. The number of para-hydroxylation sites is 1. The Morgan fingerprint density at radius 3 is 2.36 bits per heavy atom. The monoisotopic (exact) mass is 350 g/mol. The van der Waals surface area contributed by atoms with Gasteiger partial charge in [0.1, 0.15) is 5.75 Å². The number of benzene rings is 2. The molecule has 0 saturated carbocycles. The molecule has 0 radical (unpaired) electrons. The Morgan fingerprint density at radius 2 is 1.68 bits per heavy atom. The van der Waals surface area contributed by atoms with Crippen LogP contribution in [0.5, 0.6) is 5.75 Å². The van der Waals surface area contributed by atoms with Gasteiger partial charge in [0.15, 0.2) is 5.16 Å². The van der Waals surface area contributed by atoms with Crippen LogP contribution in [0.4, 0.5) is 5.69 Å². The molecule has 1 heterocycles. The van der Waals surface area contributed by atoms with E-state index in [0.717, 1.165) is 4.90 Å². The predicted molar refractivity (Wildman–Crippen MR) is 97.4 cm³/mol. The molecule has 0 bridgehead atoms. The summed E-state index contributed by atoms with van der Waals surface area (Å²) in [4.78, 5) is 24.5. The van der Waals surface area contributed by atoms with Crippen LogP contribution in [0.2, 0.25) is 0 Å². The second kappa shape index (κ2) is 8.70. The van der Waals surface area contributed by atoms with Crippen LogP contribution in [0.25, 0.3) is 0 Å². The van der Waals surface area contributed by atoms with Crippen LogP contribution in [-0.2, 0) is 0 Å². The first-order chi connectivity index (χ1) is 12.3. The van der Waals surface area contributed by atoms with Crippen molar-refractivity contribution in [2.45, 2.75) is 16.3 Å². The minimum atomic E-state index is -0.978. The Kier molecular flexibility index (Phi) is 5.84. The lowest BCUT2D eigenvalue weighted by atomic mass is 10.3. The van der Waals surface area contributed by atoms with Gasteiger partial charge in [-0.25, -0.2) is 9.97 Å². The van der Waals surface area contributed by atoms with E-state index < -0.39 is 6.23 Å². The van der Waals surface area contributed by atoms with Crippen LogP contribution < -0.4 is 4.74 Å². The molecule has 1 atom stereocenters. The first-order valence-electron chi connectivity index (χ1n) is 7.47. The van der Waals surface area contributed by atoms with E-state index in [2.05, 4.69) is 20.1 Å². The summed E-state index contributed by atoms with van der Waals surface area (Å²) < 4.78 is 5.44. The smallest absolute Gasteiger partial charge is 0.265 e. The third-order valence-electron chi connectivity index (χ3n) is 3.04. The van der Waals surface area contributed by atoms with Crippen LogP contribution in [-0.4, -0.2) is 22.4 Å². The van der Waals surface area contributed by atoms with Gasteiger partial charge in [0.05, 0.1) is 11.9 Å². The molecule has 3 aromatic rings. The molecule has 1 unspecified atom stereocenters. The number of nitroso groups, excluding NO2 is 1. The standard InChI is InChI=1S/C18H14N4O2S/c23-22-17(24-15-5-2-1-3-6-15)13-21-14-7-9-16(10-8-14)25-18-19-11-4-12-20-18/h1-13,17H. The summed E-state index contributed by atoms with van der Waals surface area (Å²) in [6.45, 7) is 0. The van der Waals surface area contributed by atoms with Crippen molar-refractivity contribution in [1.29, 1.82) is 0 Å². The Labute approximate surface area is 149 Å². The maximum Gasteiger partial charge on any atom is 0.265 e. The van der Waals surface area contributed by atoms with Gasteiger partial charge in [0, 0.05) is 17.3 Å². The molecule has 0 aliphatic rings. The highest BCUT2D eigenvalue weighted by atomic mass is 32.2. The van der Waals surface area contributed by atoms with E-state index in [9.17, 15) is 4.91 Å². The Balaban J connectivity index is 1.61. The second-order valence-corrected chi connectivity index (χ2v) is 5.87. The molecule has 6 nitrogen and oxygen atoms in total. The molecule has 0 aliphatic carbocycles. The number of hydrogen-bond donors (Lipinski definition) is 0. The van der Waals surface area contributed by atoms with Crippen LogP contribution in [0, 0.1) is 4.91 Å². The fourth-order valence-corrected chi connectivity index (χ4v) is 2.62. The summed E-state index contributed by atoms with van der Waals surface area (Å²) >= 11 is 1.46. The van der Waals surface area contributed by atoms with Gasteiger partial charge in [-0.3, -0.25) is 4.99 Å². The molecule has 0 saturated heterocycles. The highest BCUT2D eigenvalue weighted by molar-refractivity contribution is 7.99. The number of aliphatic imine (C=N–C) groups is 1. The molecule has 0 aliphatic heterocycles. The predicted octanol–water partition coefficient (Wildman–Crippen LogP) is 4.50. The SMILES string of the molecule is O=NC(C=Nc1ccc(Sc2ncccn2)cc1)Oc1ccccc1. The van der Waals surface area contributed by atoms with Crippen molar-refractivity contribution in [2.24, 2.45) is 10.2 Å². The van der Waals surface area contributed by atoms with Crippen LogP contribution >= 0.6 is 11.8 Å². The van der Waals surface area contributed by atoms with Crippen LogP contribution in [0.1, 0.15) is 0 Å². The minimum Gasteiger partial charge on any atom is -0.460 e. The van der Waals surface area contributed by atoms with E-state index in [1.165, 1.54) is 18.0 Å². The zero-order chi connectivity index (χ0) is 17.3. The van der Waals surface area contributed by atoms with Gasteiger partial charge in [-0.15, -0.1) is 4.91 Å². The van der Waals surface area contributed by atoms with Crippen molar-refractivity contribution in [1.82, 2.24) is 9.97 Å². The number of rotatable bonds is 7. The maximum absolute atomic E-state index is 10.9. The molecule has 0 spiro atoms. The second-order valence-electron chi connectivity index (χ2n) is 4.83. The number of ether oxygens (including phenoxy) is 1. The summed E-state index contributed by atoms with van der Waals surface area (Å²) in [5.74, 6) is 0.563. The molecular weight excluding hydrogens is 336 g/mol. The molecule has 0 fully saturated rings. The van der Waals surface area contributed by atoms with E-state index in [-0.39, 0.29) is 0 Å². The highest BCUT2D eigenvalue weighted by Gasteiger charge is 2.06. The van der Waals surface area contributed by atoms with Gasteiger partial charge < -0.3 is 4.74 Å². The van der Waals surface area contributed by atoms with Crippen molar-refractivity contribution < 1.29 is 4.74 Å². The summed E-state index contributed by atoms with van der Waals surface area (Å²) in [6.07, 6.45) is 3.80. The fourth-order valence-electron chi connectivity index (χ4n) is 1.91. The van der Waals surface area contributed by atoms with Crippen LogP contribution in [0.15, 0.2) is 93.3 Å². The summed E-state index contributed by atoms with van der Waals surface area (Å²) in [5, 5.41) is 3.61. The van der Waals surface area contributed by atoms with Gasteiger partial charge in [-0.1, -0.05) is 18.2 Å². The van der Waals surface area contributed by atoms with E-state index in [1.807, 2.05) is 42.5 Å². The van der Waals surface area contributed by atoms with Gasteiger partial charge in [0.25, 0.3) is 6.23 Å². The Morgan fingerprint density at radius 1 is 0.960 bits per heavy atom. The third kappa shape index (κ3) is 5.22. The first kappa shape index (κ1) is 16.8. The van der Waals surface area contributed by atoms with E-state index in [4.69, 9.17) is 4.74 Å². The van der Waals surface area contributed by atoms with Crippen molar-refractivity contribution in [3.05, 3.63) is 78.0 Å². The minimum absolute atomic E-state index is 0.563. The zero-order valence-electron chi connectivity index (χ0n) is 13.1. The molecule has 0 N–H and O–H groups in total. The fraction of sp³-hybridized carbons (Fsp3) is 0.0556.